The number of amides is 2. The van der Waals surface area contributed by atoms with Crippen LogP contribution in [0.15, 0.2) is 36.5 Å². The number of anilines is 2. The van der Waals surface area contributed by atoms with Crippen molar-refractivity contribution in [1.29, 1.82) is 0 Å². The first-order valence-corrected chi connectivity index (χ1v) is 13.7. The lowest BCUT2D eigenvalue weighted by Crippen LogP contribution is -2.50. The lowest BCUT2D eigenvalue weighted by Gasteiger charge is -2.40. The van der Waals surface area contributed by atoms with Crippen molar-refractivity contribution in [3.8, 4) is 0 Å². The zero-order chi connectivity index (χ0) is 26.1. The number of rotatable bonds is 10. The molecule has 2 aliphatic heterocycles. The third kappa shape index (κ3) is 5.33. The summed E-state index contributed by atoms with van der Waals surface area (Å²) in [6, 6.07) is 9.84. The molecule has 2 amide bonds. The van der Waals surface area contributed by atoms with E-state index >= 15 is 0 Å². The molecule has 3 atom stereocenters. The largest absolute Gasteiger partial charge is 0.382 e. The van der Waals surface area contributed by atoms with E-state index in [0.717, 1.165) is 57.2 Å². The maximum Gasteiger partial charge on any atom is 0.251 e. The van der Waals surface area contributed by atoms with Gasteiger partial charge in [0.15, 0.2) is 5.78 Å². The highest BCUT2D eigenvalue weighted by Gasteiger charge is 2.42. The van der Waals surface area contributed by atoms with Crippen molar-refractivity contribution in [3.63, 3.8) is 0 Å². The van der Waals surface area contributed by atoms with Crippen molar-refractivity contribution in [1.82, 2.24) is 10.3 Å². The van der Waals surface area contributed by atoms with Crippen LogP contribution < -0.4 is 21.3 Å². The molecular formula is C29H37N5O3. The van der Waals surface area contributed by atoms with Gasteiger partial charge in [0.2, 0.25) is 0 Å². The number of ketones is 1. The Bertz CT molecular complexity index is 1160. The van der Waals surface area contributed by atoms with Crippen LogP contribution in [-0.2, 0) is 0 Å². The second-order valence-corrected chi connectivity index (χ2v) is 10.8. The van der Waals surface area contributed by atoms with Crippen LogP contribution in [0.25, 0.3) is 0 Å². The third-order valence-electron chi connectivity index (χ3n) is 8.21. The van der Waals surface area contributed by atoms with E-state index in [1.165, 1.54) is 0 Å². The fraction of sp³-hybridized carbons (Fsp3) is 0.517. The summed E-state index contributed by atoms with van der Waals surface area (Å²) in [6.07, 6.45) is 9.37. The van der Waals surface area contributed by atoms with Crippen LogP contribution in [0.2, 0.25) is 0 Å². The van der Waals surface area contributed by atoms with Gasteiger partial charge in [0.05, 0.1) is 5.56 Å². The van der Waals surface area contributed by atoms with Gasteiger partial charge in [-0.3, -0.25) is 14.4 Å². The zero-order valence-corrected chi connectivity index (χ0v) is 21.7. The molecule has 3 aliphatic rings. The smallest absolute Gasteiger partial charge is 0.251 e. The number of carbonyl (C=O) groups excluding carboxylic acids is 3. The predicted octanol–water partition coefficient (Wildman–Crippen LogP) is 4.30. The summed E-state index contributed by atoms with van der Waals surface area (Å²) >= 11 is 0. The van der Waals surface area contributed by atoms with Crippen molar-refractivity contribution < 1.29 is 14.4 Å². The molecule has 2 bridgehead atoms. The fourth-order valence-electron chi connectivity index (χ4n) is 5.94. The number of carbonyl (C=O) groups is 3. The minimum atomic E-state index is -0.511. The lowest BCUT2D eigenvalue weighted by molar-refractivity contribution is 0.0924. The van der Waals surface area contributed by atoms with Crippen LogP contribution in [0.3, 0.4) is 0 Å². The number of hydrogen-bond acceptors (Lipinski definition) is 6. The Balaban J connectivity index is 1.25. The average molecular weight is 504 g/mol. The molecule has 1 unspecified atom stereocenters. The minimum Gasteiger partial charge on any atom is -0.382 e. The Kier molecular flexibility index (Phi) is 7.17. The van der Waals surface area contributed by atoms with Gasteiger partial charge in [-0.05, 0) is 81.7 Å². The summed E-state index contributed by atoms with van der Waals surface area (Å²) in [5, 5.41) is 6.61. The van der Waals surface area contributed by atoms with Crippen molar-refractivity contribution in [2.75, 3.05) is 10.2 Å². The number of Topliss-reactive ketones (excluding diaryl/α,β-unsaturated/α-hetero) is 1. The number of nitrogens with two attached hydrogens (primary N) is 1. The van der Waals surface area contributed by atoms with E-state index in [0.29, 0.717) is 34.5 Å². The summed E-state index contributed by atoms with van der Waals surface area (Å²) in [6.45, 7) is 4.17. The highest BCUT2D eigenvalue weighted by atomic mass is 16.2. The van der Waals surface area contributed by atoms with Crippen LogP contribution in [0, 0.1) is 5.92 Å². The molecule has 8 nitrogen and oxygen atoms in total. The van der Waals surface area contributed by atoms with Crippen LogP contribution in [0.4, 0.5) is 11.5 Å². The Labute approximate surface area is 218 Å². The first-order valence-electron chi connectivity index (χ1n) is 13.7. The molecule has 37 heavy (non-hydrogen) atoms. The molecule has 196 valence electrons. The summed E-state index contributed by atoms with van der Waals surface area (Å²) in [5.41, 5.74) is 7.81. The monoisotopic (exact) mass is 503 g/mol. The van der Waals surface area contributed by atoms with Gasteiger partial charge < -0.3 is 21.3 Å². The number of pyridine rings is 1. The molecule has 1 saturated carbocycles. The standard InChI is InChI=1S/C29H37N5O3/c1-3-20(4-2)32-25-13-18(7-11-24(25)28(30)36)29(37)33-21-14-22-9-10-23(15-21)34(22)26-12-8-19(16-31-26)27(35)17-5-6-17/h7-8,11-13,16-17,20-23,32H,3-6,9-10,14-15H2,1-2H3,(H2,30,36)(H,33,37)/t21?,22-,23+. The maximum absolute atomic E-state index is 13.2. The Morgan fingerprint density at radius 3 is 2.24 bits per heavy atom. The number of fused-ring (bicyclic) bond motifs is 2. The molecule has 1 aromatic heterocycles. The highest BCUT2D eigenvalue weighted by Crippen LogP contribution is 2.39. The van der Waals surface area contributed by atoms with E-state index < -0.39 is 5.91 Å². The summed E-state index contributed by atoms with van der Waals surface area (Å²) in [7, 11) is 0. The number of piperidine rings is 1. The number of hydrogen-bond donors (Lipinski definition) is 3. The molecule has 8 heteroatoms. The first-order chi connectivity index (χ1) is 17.9. The molecular weight excluding hydrogens is 466 g/mol. The second-order valence-electron chi connectivity index (χ2n) is 10.8. The first kappa shape index (κ1) is 25.2. The Morgan fingerprint density at radius 1 is 1.00 bits per heavy atom. The Morgan fingerprint density at radius 2 is 1.68 bits per heavy atom. The normalized spacial score (nSPS) is 22.7. The van der Waals surface area contributed by atoms with E-state index in [9.17, 15) is 14.4 Å². The van der Waals surface area contributed by atoms with Crippen LogP contribution in [0.5, 0.6) is 0 Å². The summed E-state index contributed by atoms with van der Waals surface area (Å²) in [4.78, 5) is 44.5. The lowest BCUT2D eigenvalue weighted by atomic mass is 9.96. The van der Waals surface area contributed by atoms with Gasteiger partial charge in [0.1, 0.15) is 5.82 Å². The number of benzene rings is 1. The van der Waals surface area contributed by atoms with Gasteiger partial charge in [-0.25, -0.2) is 4.98 Å². The minimum absolute atomic E-state index is 0.0724. The van der Waals surface area contributed by atoms with Crippen LogP contribution in [0.1, 0.15) is 96.3 Å². The molecule has 0 spiro atoms. The number of aromatic nitrogens is 1. The molecule has 4 N–H and O–H groups in total. The zero-order valence-electron chi connectivity index (χ0n) is 21.7. The van der Waals surface area contributed by atoms with Crippen molar-refractivity contribution in [3.05, 3.63) is 53.2 Å². The van der Waals surface area contributed by atoms with E-state index in [1.54, 1.807) is 24.4 Å². The molecule has 1 aromatic carbocycles. The third-order valence-corrected chi connectivity index (χ3v) is 8.21. The molecule has 3 heterocycles. The number of nitrogens with one attached hydrogen (secondary N) is 2. The van der Waals surface area contributed by atoms with E-state index in [2.05, 4.69) is 34.4 Å². The molecule has 1 aliphatic carbocycles. The van der Waals surface area contributed by atoms with Gasteiger partial charge in [-0.2, -0.15) is 0 Å². The number of primary amides is 1. The Hall–Kier alpha value is -3.42. The summed E-state index contributed by atoms with van der Waals surface area (Å²) in [5.74, 6) is 0.682. The van der Waals surface area contributed by atoms with E-state index in [-0.39, 0.29) is 29.7 Å². The van der Waals surface area contributed by atoms with Crippen molar-refractivity contribution in [2.45, 2.75) is 89.4 Å². The molecule has 3 fully saturated rings. The molecule has 2 aromatic rings. The van der Waals surface area contributed by atoms with Crippen molar-refractivity contribution in [2.24, 2.45) is 11.7 Å². The molecule has 0 radical (unpaired) electrons. The SMILES string of the molecule is CCC(CC)Nc1cc(C(=O)NC2C[C@H]3CC[C@@H](C2)N3c2ccc(C(=O)C3CC3)cn2)ccc1C(N)=O. The van der Waals surface area contributed by atoms with Gasteiger partial charge >= 0.3 is 0 Å². The van der Waals surface area contributed by atoms with Crippen LogP contribution in [-0.4, -0.2) is 46.7 Å². The van der Waals surface area contributed by atoms with Gasteiger partial charge in [0, 0.05) is 53.1 Å². The van der Waals surface area contributed by atoms with E-state index in [4.69, 9.17) is 5.73 Å². The molecule has 2 saturated heterocycles. The average Bonchev–Trinajstić information content (AvgIpc) is 3.71. The summed E-state index contributed by atoms with van der Waals surface area (Å²) < 4.78 is 0. The fourth-order valence-corrected chi connectivity index (χ4v) is 5.94. The maximum atomic E-state index is 13.2. The highest BCUT2D eigenvalue weighted by molar-refractivity contribution is 6.02. The van der Waals surface area contributed by atoms with Crippen LogP contribution >= 0.6 is 0 Å². The van der Waals surface area contributed by atoms with Gasteiger partial charge in [-0.15, -0.1) is 0 Å². The molecule has 5 rings (SSSR count). The van der Waals surface area contributed by atoms with Gasteiger partial charge in [-0.1, -0.05) is 13.8 Å². The number of nitrogens with zero attached hydrogens (tertiary/aromatic N) is 2. The van der Waals surface area contributed by atoms with E-state index in [1.807, 2.05) is 12.1 Å². The van der Waals surface area contributed by atoms with Gasteiger partial charge in [0.25, 0.3) is 11.8 Å². The quantitative estimate of drug-likeness (QED) is 0.416. The van der Waals surface area contributed by atoms with Crippen molar-refractivity contribution >= 4 is 29.1 Å². The second kappa shape index (κ2) is 10.5. The predicted molar refractivity (Wildman–Crippen MR) is 144 cm³/mol. The topological polar surface area (TPSA) is 117 Å².